The Bertz CT molecular complexity index is 162. The Labute approximate surface area is 94.7 Å². The van der Waals surface area contributed by atoms with E-state index in [0.717, 1.165) is 12.0 Å². The van der Waals surface area contributed by atoms with E-state index in [1.807, 2.05) is 0 Å². The highest BCUT2D eigenvalue weighted by Crippen LogP contribution is 2.26. The van der Waals surface area contributed by atoms with Crippen molar-refractivity contribution in [3.63, 3.8) is 0 Å². The highest BCUT2D eigenvalue weighted by molar-refractivity contribution is 4.77. The second-order valence-electron chi connectivity index (χ2n) is 5.52. The highest BCUT2D eigenvalue weighted by atomic mass is 16.3. The molecule has 2 nitrogen and oxygen atoms in total. The lowest BCUT2D eigenvalue weighted by molar-refractivity contribution is 0.125. The molecule has 0 aromatic heterocycles. The average molecular weight is 213 g/mol. The Balaban J connectivity index is 2.20. The van der Waals surface area contributed by atoms with Gasteiger partial charge in [0, 0.05) is 12.6 Å². The molecule has 0 aromatic rings. The molecule has 0 heterocycles. The number of aliphatic hydroxyl groups excluding tert-OH is 1. The molecule has 1 aliphatic rings. The Morgan fingerprint density at radius 3 is 2.27 bits per heavy atom. The molecular formula is C13H27NO. The van der Waals surface area contributed by atoms with Crippen LogP contribution in [-0.4, -0.2) is 36.2 Å². The molecule has 0 aromatic carbocycles. The van der Waals surface area contributed by atoms with Crippen LogP contribution in [0.25, 0.3) is 0 Å². The fourth-order valence-electron chi connectivity index (χ4n) is 2.41. The zero-order chi connectivity index (χ0) is 11.3. The lowest BCUT2D eigenvalue weighted by Crippen LogP contribution is -2.36. The Hall–Kier alpha value is -0.0800. The van der Waals surface area contributed by atoms with Crippen molar-refractivity contribution in [2.45, 2.75) is 52.0 Å². The molecule has 0 radical (unpaired) electrons. The monoisotopic (exact) mass is 213 g/mol. The van der Waals surface area contributed by atoms with E-state index in [2.05, 4.69) is 25.8 Å². The van der Waals surface area contributed by atoms with E-state index in [1.165, 1.54) is 38.6 Å². The van der Waals surface area contributed by atoms with Gasteiger partial charge in [0.05, 0.1) is 0 Å². The van der Waals surface area contributed by atoms with Gasteiger partial charge in [0.2, 0.25) is 0 Å². The molecule has 0 amide bonds. The van der Waals surface area contributed by atoms with Crippen LogP contribution in [-0.2, 0) is 0 Å². The standard InChI is InChI=1S/C13H27NO/c1-11(2)8-9-14(3)13-6-4-12(10-15)5-7-13/h11-13,15H,4-10H2,1-3H3. The van der Waals surface area contributed by atoms with Crippen LogP contribution in [0.4, 0.5) is 0 Å². The predicted molar refractivity (Wildman–Crippen MR) is 64.9 cm³/mol. The van der Waals surface area contributed by atoms with Crippen molar-refractivity contribution in [1.82, 2.24) is 4.90 Å². The molecule has 1 aliphatic carbocycles. The second kappa shape index (κ2) is 6.49. The first-order chi connectivity index (χ1) is 7.13. The summed E-state index contributed by atoms with van der Waals surface area (Å²) in [6.45, 7) is 6.20. The van der Waals surface area contributed by atoms with Gasteiger partial charge in [-0.25, -0.2) is 0 Å². The van der Waals surface area contributed by atoms with Crippen LogP contribution >= 0.6 is 0 Å². The van der Waals surface area contributed by atoms with Gasteiger partial charge in [-0.3, -0.25) is 0 Å². The Morgan fingerprint density at radius 2 is 1.80 bits per heavy atom. The SMILES string of the molecule is CC(C)CCN(C)C1CCC(CO)CC1. The first kappa shape index (κ1) is 13.0. The zero-order valence-corrected chi connectivity index (χ0v) is 10.6. The summed E-state index contributed by atoms with van der Waals surface area (Å²) in [6, 6.07) is 0.770. The van der Waals surface area contributed by atoms with Crippen LogP contribution in [0.15, 0.2) is 0 Å². The number of nitrogens with zero attached hydrogens (tertiary/aromatic N) is 1. The van der Waals surface area contributed by atoms with Crippen molar-refractivity contribution >= 4 is 0 Å². The minimum absolute atomic E-state index is 0.391. The van der Waals surface area contributed by atoms with Gasteiger partial charge in [0.15, 0.2) is 0 Å². The molecule has 0 aliphatic heterocycles. The van der Waals surface area contributed by atoms with E-state index < -0.39 is 0 Å². The molecule has 1 fully saturated rings. The molecule has 1 N–H and O–H groups in total. The molecule has 90 valence electrons. The summed E-state index contributed by atoms with van der Waals surface area (Å²) < 4.78 is 0. The summed E-state index contributed by atoms with van der Waals surface area (Å²) >= 11 is 0. The van der Waals surface area contributed by atoms with Crippen molar-refractivity contribution < 1.29 is 5.11 Å². The third-order valence-corrected chi connectivity index (χ3v) is 3.76. The van der Waals surface area contributed by atoms with Crippen LogP contribution in [0.2, 0.25) is 0 Å². The second-order valence-corrected chi connectivity index (χ2v) is 5.52. The van der Waals surface area contributed by atoms with E-state index in [-0.39, 0.29) is 0 Å². The molecule has 0 saturated heterocycles. The fraction of sp³-hybridized carbons (Fsp3) is 1.00. The summed E-state index contributed by atoms with van der Waals surface area (Å²) in [5.74, 6) is 1.39. The van der Waals surface area contributed by atoms with Crippen molar-refractivity contribution in [2.75, 3.05) is 20.2 Å². The van der Waals surface area contributed by atoms with E-state index in [0.29, 0.717) is 12.5 Å². The molecule has 0 unspecified atom stereocenters. The Morgan fingerprint density at radius 1 is 1.20 bits per heavy atom. The van der Waals surface area contributed by atoms with Gasteiger partial charge in [-0.2, -0.15) is 0 Å². The predicted octanol–water partition coefficient (Wildman–Crippen LogP) is 2.52. The van der Waals surface area contributed by atoms with Crippen LogP contribution < -0.4 is 0 Å². The molecule has 2 heteroatoms. The molecule has 0 bridgehead atoms. The lowest BCUT2D eigenvalue weighted by atomic mass is 9.86. The third-order valence-electron chi connectivity index (χ3n) is 3.76. The van der Waals surface area contributed by atoms with Gasteiger partial charge in [0.25, 0.3) is 0 Å². The molecular weight excluding hydrogens is 186 g/mol. The maximum atomic E-state index is 9.08. The minimum Gasteiger partial charge on any atom is -0.396 e. The van der Waals surface area contributed by atoms with Crippen LogP contribution in [0, 0.1) is 11.8 Å². The lowest BCUT2D eigenvalue weighted by Gasteiger charge is -2.34. The van der Waals surface area contributed by atoms with Crippen LogP contribution in [0.1, 0.15) is 46.0 Å². The van der Waals surface area contributed by atoms with Gasteiger partial charge < -0.3 is 10.0 Å². The maximum absolute atomic E-state index is 9.08. The van der Waals surface area contributed by atoms with Crippen molar-refractivity contribution in [3.05, 3.63) is 0 Å². The van der Waals surface area contributed by atoms with Gasteiger partial charge in [-0.05, 0) is 57.5 Å². The maximum Gasteiger partial charge on any atom is 0.0459 e. The number of aliphatic hydroxyl groups is 1. The topological polar surface area (TPSA) is 23.5 Å². The number of hydrogen-bond acceptors (Lipinski definition) is 2. The van der Waals surface area contributed by atoms with E-state index in [9.17, 15) is 0 Å². The van der Waals surface area contributed by atoms with Crippen molar-refractivity contribution in [3.8, 4) is 0 Å². The first-order valence-corrected chi connectivity index (χ1v) is 6.44. The van der Waals surface area contributed by atoms with Crippen LogP contribution in [0.5, 0.6) is 0 Å². The van der Waals surface area contributed by atoms with E-state index in [4.69, 9.17) is 5.11 Å². The van der Waals surface area contributed by atoms with Crippen LogP contribution in [0.3, 0.4) is 0 Å². The van der Waals surface area contributed by atoms with Gasteiger partial charge in [0.1, 0.15) is 0 Å². The van der Waals surface area contributed by atoms with Gasteiger partial charge in [-0.1, -0.05) is 13.8 Å². The summed E-state index contributed by atoms with van der Waals surface area (Å²) in [7, 11) is 2.26. The quantitative estimate of drug-likeness (QED) is 0.758. The number of hydrogen-bond donors (Lipinski definition) is 1. The van der Waals surface area contributed by atoms with Gasteiger partial charge in [-0.15, -0.1) is 0 Å². The summed E-state index contributed by atoms with van der Waals surface area (Å²) in [6.07, 6.45) is 6.29. The minimum atomic E-state index is 0.391. The normalized spacial score (nSPS) is 27.6. The first-order valence-electron chi connectivity index (χ1n) is 6.44. The third kappa shape index (κ3) is 4.52. The molecule has 1 saturated carbocycles. The average Bonchev–Trinajstić information content (AvgIpc) is 2.26. The summed E-state index contributed by atoms with van der Waals surface area (Å²) in [5.41, 5.74) is 0. The summed E-state index contributed by atoms with van der Waals surface area (Å²) in [5, 5.41) is 9.08. The smallest absolute Gasteiger partial charge is 0.0459 e. The highest BCUT2D eigenvalue weighted by Gasteiger charge is 2.23. The molecule has 0 spiro atoms. The summed E-state index contributed by atoms with van der Waals surface area (Å²) in [4.78, 5) is 2.52. The Kier molecular flexibility index (Phi) is 5.62. The zero-order valence-electron chi connectivity index (χ0n) is 10.6. The van der Waals surface area contributed by atoms with E-state index >= 15 is 0 Å². The van der Waals surface area contributed by atoms with E-state index in [1.54, 1.807) is 0 Å². The number of rotatable bonds is 5. The van der Waals surface area contributed by atoms with Crippen molar-refractivity contribution in [2.24, 2.45) is 11.8 Å². The van der Waals surface area contributed by atoms with Crippen molar-refractivity contribution in [1.29, 1.82) is 0 Å². The largest absolute Gasteiger partial charge is 0.396 e. The molecule has 15 heavy (non-hydrogen) atoms. The van der Waals surface area contributed by atoms with Gasteiger partial charge >= 0.3 is 0 Å². The fourth-order valence-corrected chi connectivity index (χ4v) is 2.41. The molecule has 1 rings (SSSR count). The molecule has 0 atom stereocenters.